The summed E-state index contributed by atoms with van der Waals surface area (Å²) in [5.74, 6) is 6.22. The van der Waals surface area contributed by atoms with Crippen LogP contribution in [0.25, 0.3) is 11.4 Å². The van der Waals surface area contributed by atoms with Crippen molar-refractivity contribution >= 4 is 11.9 Å². The average molecular weight is 437 g/mol. The number of ether oxygens (including phenoxy) is 2. The quantitative estimate of drug-likeness (QED) is 0.564. The van der Waals surface area contributed by atoms with Crippen LogP contribution in [0, 0.1) is 11.8 Å². The van der Waals surface area contributed by atoms with Gasteiger partial charge in [-0.1, -0.05) is 11.8 Å². The molecular weight excluding hydrogens is 410 g/mol. The van der Waals surface area contributed by atoms with Crippen molar-refractivity contribution < 1.29 is 24.2 Å². The summed E-state index contributed by atoms with van der Waals surface area (Å²) in [6, 6.07) is 5.31. The van der Waals surface area contributed by atoms with Gasteiger partial charge in [0, 0.05) is 17.8 Å². The van der Waals surface area contributed by atoms with E-state index in [-0.39, 0.29) is 24.2 Å². The summed E-state index contributed by atoms with van der Waals surface area (Å²) in [7, 11) is 1.30. The maximum Gasteiger partial charge on any atom is 0.358 e. The van der Waals surface area contributed by atoms with Gasteiger partial charge in [0.15, 0.2) is 11.8 Å². The molecule has 1 aliphatic heterocycles. The number of hydrogen-bond donors (Lipinski definition) is 2. The van der Waals surface area contributed by atoms with Crippen molar-refractivity contribution in [3.63, 3.8) is 0 Å². The maximum absolute atomic E-state index is 12.7. The molecule has 0 saturated heterocycles. The van der Waals surface area contributed by atoms with E-state index >= 15 is 0 Å². The Bertz CT molecular complexity index is 1100. The highest BCUT2D eigenvalue weighted by Crippen LogP contribution is 2.35. The number of esters is 1. The van der Waals surface area contributed by atoms with Crippen LogP contribution in [0.3, 0.4) is 0 Å². The van der Waals surface area contributed by atoms with Crippen LogP contribution >= 0.6 is 0 Å². The molecule has 168 valence electrons. The summed E-state index contributed by atoms with van der Waals surface area (Å²) in [6.45, 7) is 3.95. The molecule has 8 nitrogen and oxygen atoms in total. The van der Waals surface area contributed by atoms with E-state index in [1.54, 1.807) is 22.9 Å². The summed E-state index contributed by atoms with van der Waals surface area (Å²) in [5, 5.41) is 13.4. The molecule has 32 heavy (non-hydrogen) atoms. The predicted octanol–water partition coefficient (Wildman–Crippen LogP) is 2.28. The number of aromatic nitrogens is 2. The molecule has 4 rings (SSSR count). The molecule has 1 aromatic carbocycles. The van der Waals surface area contributed by atoms with Crippen LogP contribution < -0.4 is 10.1 Å². The first-order valence-electron chi connectivity index (χ1n) is 10.8. The summed E-state index contributed by atoms with van der Waals surface area (Å²) in [5.41, 5.74) is 0.507. The fraction of sp³-hybridized carbons (Fsp3) is 0.458. The first-order chi connectivity index (χ1) is 15.3. The lowest BCUT2D eigenvalue weighted by atomic mass is 10.0. The second-order valence-corrected chi connectivity index (χ2v) is 8.56. The first-order valence-corrected chi connectivity index (χ1v) is 10.8. The summed E-state index contributed by atoms with van der Waals surface area (Å²) >= 11 is 0. The third-order valence-corrected chi connectivity index (χ3v) is 5.62. The molecule has 1 fully saturated rings. The molecule has 1 aliphatic carbocycles. The number of aliphatic hydroxyl groups is 1. The highest BCUT2D eigenvalue weighted by molar-refractivity contribution is 5.88. The Hall–Kier alpha value is -3.31. The molecule has 1 atom stereocenters. The summed E-state index contributed by atoms with van der Waals surface area (Å²) in [6.07, 6.45) is 4.05. The van der Waals surface area contributed by atoms with Crippen LogP contribution in [0.4, 0.5) is 0 Å². The van der Waals surface area contributed by atoms with Crippen molar-refractivity contribution in [3.8, 4) is 29.0 Å². The fourth-order valence-corrected chi connectivity index (χ4v) is 4.01. The number of carbonyl (C=O) groups is 2. The van der Waals surface area contributed by atoms with Crippen LogP contribution in [0.15, 0.2) is 24.4 Å². The molecule has 2 aromatic rings. The summed E-state index contributed by atoms with van der Waals surface area (Å²) < 4.78 is 12.6. The zero-order chi connectivity index (χ0) is 22.9. The van der Waals surface area contributed by atoms with Crippen LogP contribution in [0.5, 0.6) is 5.75 Å². The molecule has 1 unspecified atom stereocenters. The number of benzene rings is 1. The van der Waals surface area contributed by atoms with Gasteiger partial charge in [0.1, 0.15) is 17.2 Å². The van der Waals surface area contributed by atoms with Gasteiger partial charge in [-0.2, -0.15) is 0 Å². The molecule has 1 saturated carbocycles. The van der Waals surface area contributed by atoms with Gasteiger partial charge in [0.2, 0.25) is 0 Å². The normalized spacial score (nSPS) is 18.5. The number of fused-ring (bicyclic) bond motifs is 3. The Morgan fingerprint density at radius 3 is 2.78 bits per heavy atom. The van der Waals surface area contributed by atoms with Crippen LogP contribution in [-0.2, 0) is 16.1 Å². The molecule has 2 aliphatic rings. The van der Waals surface area contributed by atoms with Crippen molar-refractivity contribution in [3.05, 3.63) is 35.7 Å². The van der Waals surface area contributed by atoms with Crippen molar-refractivity contribution in [1.82, 2.24) is 14.9 Å². The Balaban J connectivity index is 1.75. The highest BCUT2D eigenvalue weighted by atomic mass is 16.5. The molecule has 2 heterocycles. The zero-order valence-corrected chi connectivity index (χ0v) is 18.5. The van der Waals surface area contributed by atoms with E-state index in [0.29, 0.717) is 35.5 Å². The van der Waals surface area contributed by atoms with Crippen LogP contribution in [-0.4, -0.2) is 51.4 Å². The van der Waals surface area contributed by atoms with Gasteiger partial charge in [-0.15, -0.1) is 0 Å². The van der Waals surface area contributed by atoms with Gasteiger partial charge in [0.05, 0.1) is 19.2 Å². The van der Waals surface area contributed by atoms with E-state index in [1.807, 2.05) is 19.9 Å². The lowest BCUT2D eigenvalue weighted by Crippen LogP contribution is -2.43. The minimum Gasteiger partial charge on any atom is -0.478 e. The number of methoxy groups -OCH3 is 1. The van der Waals surface area contributed by atoms with Gasteiger partial charge in [-0.25, -0.2) is 9.78 Å². The van der Waals surface area contributed by atoms with E-state index in [1.165, 1.54) is 7.11 Å². The van der Waals surface area contributed by atoms with E-state index in [4.69, 9.17) is 9.47 Å². The topological polar surface area (TPSA) is 103 Å². The molecule has 2 N–H and O–H groups in total. The molecule has 0 radical (unpaired) electrons. The van der Waals surface area contributed by atoms with Crippen LogP contribution in [0.1, 0.15) is 55.6 Å². The third kappa shape index (κ3) is 4.48. The molecule has 0 bridgehead atoms. The van der Waals surface area contributed by atoms with Crippen molar-refractivity contribution in [2.45, 2.75) is 63.8 Å². The molecule has 8 heteroatoms. The lowest BCUT2D eigenvalue weighted by molar-refractivity contribution is -0.129. The average Bonchev–Trinajstić information content (AvgIpc) is 3.35. The van der Waals surface area contributed by atoms with E-state index in [9.17, 15) is 14.7 Å². The first kappa shape index (κ1) is 21.9. The van der Waals surface area contributed by atoms with Crippen molar-refractivity contribution in [1.29, 1.82) is 0 Å². The molecule has 0 spiro atoms. The smallest absolute Gasteiger partial charge is 0.358 e. The maximum atomic E-state index is 12.7. The Morgan fingerprint density at radius 1 is 1.34 bits per heavy atom. The van der Waals surface area contributed by atoms with Gasteiger partial charge >= 0.3 is 5.97 Å². The zero-order valence-electron chi connectivity index (χ0n) is 18.5. The van der Waals surface area contributed by atoms with E-state index in [2.05, 4.69) is 22.1 Å². The largest absolute Gasteiger partial charge is 0.478 e. The lowest BCUT2D eigenvalue weighted by Gasteiger charge is -2.19. The minimum absolute atomic E-state index is 0.0410. The third-order valence-electron chi connectivity index (χ3n) is 5.62. The van der Waals surface area contributed by atoms with Crippen molar-refractivity contribution in [2.24, 2.45) is 0 Å². The fourth-order valence-electron chi connectivity index (χ4n) is 4.01. The standard InChI is InChI=1S/C24H27N3O5/c1-15(2)25-22(28)20-14-27-13-18(23(29)31-3)26-21(27)17-12-16(6-7-19(17)32-20)8-11-24(30)9-4-5-10-24/h6-7,12-13,15,20,30H,4-5,9-10,14H2,1-3H3,(H,25,28). The second kappa shape index (κ2) is 8.67. The number of amides is 1. The molecular formula is C24H27N3O5. The number of carbonyl (C=O) groups excluding carboxylic acids is 2. The predicted molar refractivity (Wildman–Crippen MR) is 117 cm³/mol. The van der Waals surface area contributed by atoms with Gasteiger partial charge in [-0.3, -0.25) is 4.79 Å². The Kier molecular flexibility index (Phi) is 5.94. The minimum atomic E-state index is -0.945. The van der Waals surface area contributed by atoms with Gasteiger partial charge in [-0.05, 0) is 57.7 Å². The monoisotopic (exact) mass is 437 g/mol. The van der Waals surface area contributed by atoms with E-state index in [0.717, 1.165) is 12.8 Å². The SMILES string of the molecule is COC(=O)c1cn2c(n1)-c1cc(C#CC3(O)CCCC3)ccc1OC(C(=O)NC(C)C)C2. The highest BCUT2D eigenvalue weighted by Gasteiger charge is 2.31. The number of nitrogens with zero attached hydrogens (tertiary/aromatic N) is 2. The second-order valence-electron chi connectivity index (χ2n) is 8.56. The number of nitrogens with one attached hydrogen (secondary N) is 1. The van der Waals surface area contributed by atoms with E-state index < -0.39 is 17.7 Å². The number of rotatable bonds is 3. The molecule has 1 amide bonds. The van der Waals surface area contributed by atoms with Gasteiger partial charge < -0.3 is 24.5 Å². The van der Waals surface area contributed by atoms with Crippen molar-refractivity contribution in [2.75, 3.05) is 7.11 Å². The number of imidazole rings is 1. The number of hydrogen-bond acceptors (Lipinski definition) is 6. The van der Waals surface area contributed by atoms with Crippen LogP contribution in [0.2, 0.25) is 0 Å². The Labute approximate surface area is 186 Å². The van der Waals surface area contributed by atoms with Gasteiger partial charge in [0.25, 0.3) is 5.91 Å². The molecule has 1 aromatic heterocycles. The Morgan fingerprint density at radius 2 is 2.09 bits per heavy atom. The summed E-state index contributed by atoms with van der Waals surface area (Å²) in [4.78, 5) is 29.3.